The van der Waals surface area contributed by atoms with Gasteiger partial charge in [-0.2, -0.15) is 0 Å². The Bertz CT molecular complexity index is 319. The van der Waals surface area contributed by atoms with Crippen LogP contribution in [0.1, 0.15) is 67.7 Å². The molecule has 0 bridgehead atoms. The fraction of sp³-hybridized carbons (Fsp3) is 0.889. The summed E-state index contributed by atoms with van der Waals surface area (Å²) in [5.41, 5.74) is -0.103. The largest absolute Gasteiger partial charge is 0.465 e. The lowest BCUT2D eigenvalue weighted by atomic mass is 9.73. The fourth-order valence-electron chi connectivity index (χ4n) is 1.95. The summed E-state index contributed by atoms with van der Waals surface area (Å²) in [7, 11) is 0. The Morgan fingerprint density at radius 3 is 1.50 bits per heavy atom. The van der Waals surface area contributed by atoms with Crippen molar-refractivity contribution >= 4 is 11.9 Å². The number of esters is 2. The van der Waals surface area contributed by atoms with Gasteiger partial charge in [0.2, 0.25) is 0 Å². The molecule has 0 N–H and O–H groups in total. The molecule has 0 fully saturated rings. The SMILES string of the molecule is CCC(C)(C)C(CC(=O)OCC(C)C)CC(=O)OCC(C)C. The number of rotatable bonds is 10. The highest BCUT2D eigenvalue weighted by Gasteiger charge is 2.32. The quantitative estimate of drug-likeness (QED) is 0.567. The van der Waals surface area contributed by atoms with Crippen molar-refractivity contribution in [2.75, 3.05) is 13.2 Å². The standard InChI is InChI=1S/C18H34O4/c1-8-18(6,7)15(9-16(19)21-11-13(2)3)10-17(20)22-12-14(4)5/h13-15H,8-12H2,1-7H3. The van der Waals surface area contributed by atoms with Gasteiger partial charge in [-0.05, 0) is 23.2 Å². The number of hydrogen-bond donors (Lipinski definition) is 0. The second-order valence-corrected chi connectivity index (χ2v) is 7.60. The van der Waals surface area contributed by atoms with E-state index >= 15 is 0 Å². The van der Waals surface area contributed by atoms with Crippen molar-refractivity contribution in [3.8, 4) is 0 Å². The zero-order valence-corrected chi connectivity index (χ0v) is 15.4. The number of carbonyl (C=O) groups excluding carboxylic acids is 2. The van der Waals surface area contributed by atoms with Crippen LogP contribution < -0.4 is 0 Å². The van der Waals surface area contributed by atoms with E-state index < -0.39 is 0 Å². The predicted molar refractivity (Wildman–Crippen MR) is 88.4 cm³/mol. The Kier molecular flexibility index (Phi) is 9.38. The zero-order valence-electron chi connectivity index (χ0n) is 15.4. The molecule has 22 heavy (non-hydrogen) atoms. The van der Waals surface area contributed by atoms with Gasteiger partial charge in [0, 0.05) is 12.8 Å². The minimum atomic E-state index is -0.225. The van der Waals surface area contributed by atoms with Crippen LogP contribution >= 0.6 is 0 Å². The number of hydrogen-bond acceptors (Lipinski definition) is 4. The van der Waals surface area contributed by atoms with Gasteiger partial charge < -0.3 is 9.47 Å². The zero-order chi connectivity index (χ0) is 17.3. The fourth-order valence-corrected chi connectivity index (χ4v) is 1.95. The molecule has 130 valence electrons. The van der Waals surface area contributed by atoms with Crippen LogP contribution in [-0.2, 0) is 19.1 Å². The van der Waals surface area contributed by atoms with Gasteiger partial charge in [0.05, 0.1) is 13.2 Å². The third-order valence-electron chi connectivity index (χ3n) is 4.00. The van der Waals surface area contributed by atoms with Crippen LogP contribution in [0, 0.1) is 23.2 Å². The third kappa shape index (κ3) is 9.06. The Labute approximate surface area is 135 Å². The van der Waals surface area contributed by atoms with Gasteiger partial charge in [-0.25, -0.2) is 0 Å². The molecule has 0 aliphatic heterocycles. The summed E-state index contributed by atoms with van der Waals surface area (Å²) in [5, 5.41) is 0. The van der Waals surface area contributed by atoms with Crippen LogP contribution in [0.3, 0.4) is 0 Å². The molecular weight excluding hydrogens is 280 g/mol. The van der Waals surface area contributed by atoms with E-state index in [4.69, 9.17) is 9.47 Å². The second kappa shape index (κ2) is 9.86. The first-order valence-electron chi connectivity index (χ1n) is 8.39. The van der Waals surface area contributed by atoms with Crippen LogP contribution in [0.2, 0.25) is 0 Å². The van der Waals surface area contributed by atoms with Crippen molar-refractivity contribution in [3.63, 3.8) is 0 Å². The highest BCUT2D eigenvalue weighted by atomic mass is 16.5. The van der Waals surface area contributed by atoms with E-state index in [1.807, 2.05) is 27.7 Å². The highest BCUT2D eigenvalue weighted by molar-refractivity contribution is 5.73. The summed E-state index contributed by atoms with van der Waals surface area (Å²) in [4.78, 5) is 24.0. The minimum Gasteiger partial charge on any atom is -0.465 e. The highest BCUT2D eigenvalue weighted by Crippen LogP contribution is 2.35. The van der Waals surface area contributed by atoms with Crippen molar-refractivity contribution in [2.24, 2.45) is 23.2 Å². The summed E-state index contributed by atoms with van der Waals surface area (Å²) in [5.74, 6) is 0.126. The number of ether oxygens (including phenoxy) is 2. The molecule has 0 aromatic heterocycles. The molecule has 0 unspecified atom stereocenters. The Morgan fingerprint density at radius 2 is 1.23 bits per heavy atom. The molecule has 0 rings (SSSR count). The summed E-state index contributed by atoms with van der Waals surface area (Å²) in [6.45, 7) is 15.1. The maximum atomic E-state index is 12.0. The van der Waals surface area contributed by atoms with E-state index in [1.165, 1.54) is 0 Å². The lowest BCUT2D eigenvalue weighted by Gasteiger charge is -2.32. The summed E-state index contributed by atoms with van der Waals surface area (Å²) in [6, 6.07) is 0. The summed E-state index contributed by atoms with van der Waals surface area (Å²) in [6.07, 6.45) is 1.43. The molecule has 0 radical (unpaired) electrons. The molecule has 4 nitrogen and oxygen atoms in total. The van der Waals surface area contributed by atoms with E-state index in [0.717, 1.165) is 6.42 Å². The lowest BCUT2D eigenvalue weighted by Crippen LogP contribution is -2.30. The molecule has 0 saturated heterocycles. The monoisotopic (exact) mass is 314 g/mol. The molecule has 0 saturated carbocycles. The normalized spacial score (nSPS) is 12.1. The van der Waals surface area contributed by atoms with E-state index in [1.54, 1.807) is 0 Å². The first-order valence-corrected chi connectivity index (χ1v) is 8.39. The predicted octanol–water partition coefficient (Wildman–Crippen LogP) is 4.22. The smallest absolute Gasteiger partial charge is 0.306 e. The summed E-state index contributed by atoms with van der Waals surface area (Å²) < 4.78 is 10.5. The van der Waals surface area contributed by atoms with Crippen molar-refractivity contribution in [1.29, 1.82) is 0 Å². The molecule has 4 heteroatoms. The molecule has 0 spiro atoms. The maximum absolute atomic E-state index is 12.0. The molecule has 0 atom stereocenters. The van der Waals surface area contributed by atoms with Gasteiger partial charge in [-0.3, -0.25) is 9.59 Å². The molecule has 0 aromatic rings. The Hall–Kier alpha value is -1.06. The van der Waals surface area contributed by atoms with Crippen molar-refractivity contribution in [1.82, 2.24) is 0 Å². The van der Waals surface area contributed by atoms with E-state index in [2.05, 4.69) is 20.8 Å². The molecule has 0 amide bonds. The first kappa shape index (κ1) is 20.9. The van der Waals surface area contributed by atoms with Gasteiger partial charge in [0.1, 0.15) is 0 Å². The molecule has 0 aliphatic rings. The average Bonchev–Trinajstić information content (AvgIpc) is 2.42. The lowest BCUT2D eigenvalue weighted by molar-refractivity contribution is -0.150. The molecular formula is C18H34O4. The van der Waals surface area contributed by atoms with Gasteiger partial charge in [0.25, 0.3) is 0 Å². The second-order valence-electron chi connectivity index (χ2n) is 7.60. The van der Waals surface area contributed by atoms with Crippen molar-refractivity contribution in [2.45, 2.75) is 67.7 Å². The van der Waals surface area contributed by atoms with Crippen molar-refractivity contribution in [3.05, 3.63) is 0 Å². The van der Waals surface area contributed by atoms with Gasteiger partial charge >= 0.3 is 11.9 Å². The molecule has 0 heterocycles. The van der Waals surface area contributed by atoms with Crippen LogP contribution in [-0.4, -0.2) is 25.2 Å². The summed E-state index contributed by atoms with van der Waals surface area (Å²) >= 11 is 0. The molecule has 0 aliphatic carbocycles. The number of carbonyl (C=O) groups is 2. The first-order chi connectivity index (χ1) is 10.1. The maximum Gasteiger partial charge on any atom is 0.306 e. The average molecular weight is 314 g/mol. The van der Waals surface area contributed by atoms with E-state index in [0.29, 0.717) is 25.0 Å². The van der Waals surface area contributed by atoms with E-state index in [-0.39, 0.29) is 36.1 Å². The molecule has 0 aromatic carbocycles. The van der Waals surface area contributed by atoms with Gasteiger partial charge in [0.15, 0.2) is 0 Å². The third-order valence-corrected chi connectivity index (χ3v) is 4.00. The Balaban J connectivity index is 4.64. The van der Waals surface area contributed by atoms with Gasteiger partial charge in [-0.1, -0.05) is 54.9 Å². The van der Waals surface area contributed by atoms with Crippen LogP contribution in [0.4, 0.5) is 0 Å². The topological polar surface area (TPSA) is 52.6 Å². The van der Waals surface area contributed by atoms with Crippen LogP contribution in [0.5, 0.6) is 0 Å². The van der Waals surface area contributed by atoms with Crippen LogP contribution in [0.25, 0.3) is 0 Å². The van der Waals surface area contributed by atoms with Crippen LogP contribution in [0.15, 0.2) is 0 Å². The van der Waals surface area contributed by atoms with E-state index in [9.17, 15) is 9.59 Å². The van der Waals surface area contributed by atoms with Crippen molar-refractivity contribution < 1.29 is 19.1 Å². The van der Waals surface area contributed by atoms with Gasteiger partial charge in [-0.15, -0.1) is 0 Å². The Morgan fingerprint density at radius 1 is 0.864 bits per heavy atom. The minimum absolute atomic E-state index is 0.0585.